The number of pyridine rings is 2. The lowest BCUT2D eigenvalue weighted by atomic mass is 10.2. The summed E-state index contributed by atoms with van der Waals surface area (Å²) in [6.07, 6.45) is 7.11. The Hall–Kier alpha value is -1.88. The fourth-order valence-electron chi connectivity index (χ4n) is 2.11. The van der Waals surface area contributed by atoms with Crippen LogP contribution >= 0.6 is 11.8 Å². The van der Waals surface area contributed by atoms with Crippen LogP contribution in [0.1, 0.15) is 16.5 Å². The van der Waals surface area contributed by atoms with Gasteiger partial charge in [0.05, 0.1) is 5.75 Å². The Morgan fingerprint density at radius 1 is 1.21 bits per heavy atom. The Labute approximate surface area is 115 Å². The van der Waals surface area contributed by atoms with Crippen molar-refractivity contribution in [1.29, 1.82) is 0 Å². The highest BCUT2D eigenvalue weighted by molar-refractivity contribution is 8.00. The molecule has 4 nitrogen and oxygen atoms in total. The Kier molecular flexibility index (Phi) is 3.46. The van der Waals surface area contributed by atoms with Gasteiger partial charge >= 0.3 is 0 Å². The van der Waals surface area contributed by atoms with E-state index in [2.05, 4.69) is 9.97 Å². The molecule has 96 valence electrons. The third-order valence-electron chi connectivity index (χ3n) is 3.01. The maximum atomic E-state index is 12.0. The first kappa shape index (κ1) is 12.2. The summed E-state index contributed by atoms with van der Waals surface area (Å²) >= 11 is 1.65. The maximum Gasteiger partial charge on any atom is 0.234 e. The molecule has 3 heterocycles. The van der Waals surface area contributed by atoms with Gasteiger partial charge in [0.15, 0.2) is 0 Å². The molecule has 2 aromatic rings. The van der Waals surface area contributed by atoms with Gasteiger partial charge < -0.3 is 4.90 Å². The number of hydrogen-bond donors (Lipinski definition) is 0. The fraction of sp³-hybridized carbons (Fsp3) is 0.214. The zero-order chi connectivity index (χ0) is 13.1. The number of amides is 1. The van der Waals surface area contributed by atoms with Gasteiger partial charge in [0.2, 0.25) is 5.91 Å². The summed E-state index contributed by atoms with van der Waals surface area (Å²) in [4.78, 5) is 22.1. The van der Waals surface area contributed by atoms with Gasteiger partial charge in [-0.1, -0.05) is 12.1 Å². The fourth-order valence-corrected chi connectivity index (χ4v) is 3.28. The molecule has 0 radical (unpaired) electrons. The van der Waals surface area contributed by atoms with Crippen LogP contribution in [0.25, 0.3) is 0 Å². The van der Waals surface area contributed by atoms with Gasteiger partial charge in [-0.05, 0) is 17.7 Å². The molecule has 19 heavy (non-hydrogen) atoms. The summed E-state index contributed by atoms with van der Waals surface area (Å²) < 4.78 is 0. The van der Waals surface area contributed by atoms with Gasteiger partial charge in [0.1, 0.15) is 5.37 Å². The molecule has 1 aliphatic rings. The van der Waals surface area contributed by atoms with E-state index in [0.29, 0.717) is 12.3 Å². The molecule has 0 bridgehead atoms. The molecule has 1 atom stereocenters. The predicted octanol–water partition coefficient (Wildman–Crippen LogP) is 2.25. The van der Waals surface area contributed by atoms with E-state index >= 15 is 0 Å². The summed E-state index contributed by atoms with van der Waals surface area (Å²) in [5.41, 5.74) is 2.12. The highest BCUT2D eigenvalue weighted by atomic mass is 32.2. The molecule has 0 aliphatic carbocycles. The average Bonchev–Trinajstić information content (AvgIpc) is 2.82. The van der Waals surface area contributed by atoms with Crippen LogP contribution in [0.3, 0.4) is 0 Å². The molecule has 1 saturated heterocycles. The van der Waals surface area contributed by atoms with E-state index in [0.717, 1.165) is 11.1 Å². The molecule has 1 fully saturated rings. The molecule has 1 amide bonds. The second kappa shape index (κ2) is 5.40. The van der Waals surface area contributed by atoms with Crippen LogP contribution in [0.15, 0.2) is 49.1 Å². The highest BCUT2D eigenvalue weighted by Crippen LogP contribution is 2.38. The van der Waals surface area contributed by atoms with Crippen LogP contribution in [-0.4, -0.2) is 26.5 Å². The Morgan fingerprint density at radius 3 is 2.68 bits per heavy atom. The zero-order valence-corrected chi connectivity index (χ0v) is 11.1. The van der Waals surface area contributed by atoms with Crippen LogP contribution in [0, 0.1) is 0 Å². The van der Waals surface area contributed by atoms with Crippen molar-refractivity contribution < 1.29 is 4.79 Å². The summed E-state index contributed by atoms with van der Waals surface area (Å²) in [7, 11) is 0. The van der Waals surface area contributed by atoms with Crippen LogP contribution in [0.5, 0.6) is 0 Å². The quantitative estimate of drug-likeness (QED) is 0.859. The van der Waals surface area contributed by atoms with Crippen molar-refractivity contribution in [2.24, 2.45) is 0 Å². The summed E-state index contributed by atoms with van der Waals surface area (Å²) in [5.74, 6) is 0.697. The lowest BCUT2D eigenvalue weighted by Gasteiger charge is -2.23. The van der Waals surface area contributed by atoms with E-state index in [-0.39, 0.29) is 11.3 Å². The largest absolute Gasteiger partial charge is 0.321 e. The standard InChI is InChI=1S/C14H13N3OS/c18-13-10-19-14(12-4-2-6-16-8-12)17(13)9-11-3-1-5-15-7-11/h1-8,14H,9-10H2/t14-/m0/s1. The van der Waals surface area contributed by atoms with Crippen molar-refractivity contribution in [2.75, 3.05) is 5.75 Å². The molecule has 5 heteroatoms. The number of nitrogens with zero attached hydrogens (tertiary/aromatic N) is 3. The van der Waals surface area contributed by atoms with E-state index in [9.17, 15) is 4.79 Å². The molecule has 0 unspecified atom stereocenters. The van der Waals surface area contributed by atoms with Crippen LogP contribution in [-0.2, 0) is 11.3 Å². The van der Waals surface area contributed by atoms with E-state index in [1.807, 2.05) is 35.4 Å². The minimum atomic E-state index is 0.0569. The smallest absolute Gasteiger partial charge is 0.234 e. The van der Waals surface area contributed by atoms with E-state index < -0.39 is 0 Å². The van der Waals surface area contributed by atoms with Crippen LogP contribution in [0.4, 0.5) is 0 Å². The minimum Gasteiger partial charge on any atom is -0.321 e. The number of carbonyl (C=O) groups excluding carboxylic acids is 1. The van der Waals surface area contributed by atoms with Crippen molar-refractivity contribution in [3.05, 3.63) is 60.2 Å². The Bertz CT molecular complexity index is 561. The Morgan fingerprint density at radius 2 is 2.00 bits per heavy atom. The normalized spacial score (nSPS) is 18.8. The van der Waals surface area contributed by atoms with Crippen molar-refractivity contribution in [2.45, 2.75) is 11.9 Å². The first-order chi connectivity index (χ1) is 9.34. The van der Waals surface area contributed by atoms with E-state index in [1.165, 1.54) is 0 Å². The van der Waals surface area contributed by atoms with Gasteiger partial charge in [-0.25, -0.2) is 0 Å². The first-order valence-corrected chi connectivity index (χ1v) is 7.09. The number of aromatic nitrogens is 2. The number of thioether (sulfide) groups is 1. The van der Waals surface area contributed by atoms with Gasteiger partial charge in [-0.15, -0.1) is 11.8 Å². The van der Waals surface area contributed by atoms with Gasteiger partial charge in [0.25, 0.3) is 0 Å². The highest BCUT2D eigenvalue weighted by Gasteiger charge is 2.32. The Balaban J connectivity index is 1.83. The van der Waals surface area contributed by atoms with Gasteiger partial charge in [0, 0.05) is 36.9 Å². The van der Waals surface area contributed by atoms with Crippen molar-refractivity contribution in [3.8, 4) is 0 Å². The maximum absolute atomic E-state index is 12.0. The first-order valence-electron chi connectivity index (χ1n) is 6.04. The average molecular weight is 271 g/mol. The topological polar surface area (TPSA) is 46.1 Å². The second-order valence-electron chi connectivity index (χ2n) is 4.33. The molecule has 2 aromatic heterocycles. The molecular weight excluding hydrogens is 258 g/mol. The molecule has 0 saturated carbocycles. The molecular formula is C14H13N3OS. The molecule has 0 N–H and O–H groups in total. The zero-order valence-electron chi connectivity index (χ0n) is 10.3. The minimum absolute atomic E-state index is 0.0569. The SMILES string of the molecule is O=C1CS[C@@H](c2cccnc2)N1Cc1cccnc1. The number of hydrogen-bond acceptors (Lipinski definition) is 4. The number of carbonyl (C=O) groups is 1. The monoisotopic (exact) mass is 271 g/mol. The second-order valence-corrected chi connectivity index (χ2v) is 5.40. The summed E-state index contributed by atoms with van der Waals surface area (Å²) in [6, 6.07) is 7.80. The third kappa shape index (κ3) is 2.61. The van der Waals surface area contributed by atoms with Crippen molar-refractivity contribution in [1.82, 2.24) is 14.9 Å². The lowest BCUT2D eigenvalue weighted by molar-refractivity contribution is -0.128. The van der Waals surface area contributed by atoms with Crippen LogP contribution in [0.2, 0.25) is 0 Å². The molecule has 1 aliphatic heterocycles. The van der Waals surface area contributed by atoms with E-state index in [4.69, 9.17) is 0 Å². The lowest BCUT2D eigenvalue weighted by Crippen LogP contribution is -2.27. The molecule has 0 aromatic carbocycles. The van der Waals surface area contributed by atoms with Gasteiger partial charge in [-0.2, -0.15) is 0 Å². The summed E-state index contributed by atoms with van der Waals surface area (Å²) in [5, 5.41) is 0.0569. The van der Waals surface area contributed by atoms with Crippen molar-refractivity contribution in [3.63, 3.8) is 0 Å². The summed E-state index contributed by atoms with van der Waals surface area (Å²) in [6.45, 7) is 0.596. The molecule has 0 spiro atoms. The molecule has 3 rings (SSSR count). The van der Waals surface area contributed by atoms with Crippen LogP contribution < -0.4 is 0 Å². The third-order valence-corrected chi connectivity index (χ3v) is 4.27. The predicted molar refractivity (Wildman–Crippen MR) is 74.2 cm³/mol. The van der Waals surface area contributed by atoms with Crippen molar-refractivity contribution >= 4 is 17.7 Å². The number of rotatable bonds is 3. The van der Waals surface area contributed by atoms with Gasteiger partial charge in [-0.3, -0.25) is 14.8 Å². The van der Waals surface area contributed by atoms with E-state index in [1.54, 1.807) is 30.4 Å².